The van der Waals surface area contributed by atoms with Crippen LogP contribution in [0.5, 0.6) is 0 Å². The maximum atomic E-state index is 11.5. The van der Waals surface area contributed by atoms with Crippen LogP contribution in [0.3, 0.4) is 0 Å². The predicted octanol–water partition coefficient (Wildman–Crippen LogP) is 3.23. The fraction of sp³-hybridized carbons (Fsp3) is 0.500. The van der Waals surface area contributed by atoms with Gasteiger partial charge in [0.1, 0.15) is 6.61 Å². The Morgan fingerprint density at radius 3 is 2.52 bits per heavy atom. The Hall–Kier alpha value is -1.11. The van der Waals surface area contributed by atoms with Crippen LogP contribution in [0, 0.1) is 0 Å². The van der Waals surface area contributed by atoms with E-state index >= 15 is 0 Å². The average Bonchev–Trinajstić information content (AvgIpc) is 2.50. The van der Waals surface area contributed by atoms with E-state index in [1.807, 2.05) is 30.3 Å². The van der Waals surface area contributed by atoms with E-state index in [2.05, 4.69) is 27.9 Å². The summed E-state index contributed by atoms with van der Waals surface area (Å²) in [4.78, 5) is 23.0. The Balaban J connectivity index is 2.04. The first-order valence-electron chi connectivity index (χ1n) is 7.24. The van der Waals surface area contributed by atoms with Gasteiger partial charge in [0.15, 0.2) is 0 Å². The molecule has 21 heavy (non-hydrogen) atoms. The quantitative estimate of drug-likeness (QED) is 0.283. The monoisotopic (exact) mass is 403 g/mol. The molecule has 4 nitrogen and oxygen atoms in total. The number of benzene rings is 1. The zero-order chi connectivity index (χ0) is 15.3. The molecule has 0 aliphatic rings. The van der Waals surface area contributed by atoms with Gasteiger partial charge in [-0.15, -0.1) is 0 Å². The van der Waals surface area contributed by atoms with Crippen molar-refractivity contribution < 1.29 is 14.3 Å². The lowest BCUT2D eigenvalue weighted by atomic mass is 10.2. The standard InChI is InChI=1S/C16H22INO3/c17-11-6-2-5-9-15(19)18-12-10-16(20)21-13-14-7-3-1-4-8-14/h1,3-4,7-8H,2,5-6,9-13H2,(H,18,19). The second-order valence-corrected chi connectivity index (χ2v) is 5.82. The minimum Gasteiger partial charge on any atom is -0.461 e. The highest BCUT2D eigenvalue weighted by atomic mass is 127. The molecule has 1 rings (SSSR count). The number of rotatable bonds is 10. The second-order valence-electron chi connectivity index (χ2n) is 4.75. The van der Waals surface area contributed by atoms with Crippen LogP contribution in [0.1, 0.15) is 37.7 Å². The van der Waals surface area contributed by atoms with Crippen LogP contribution in [-0.4, -0.2) is 22.8 Å². The Bertz CT molecular complexity index is 423. The number of esters is 1. The summed E-state index contributed by atoms with van der Waals surface area (Å²) in [5, 5.41) is 2.75. The highest BCUT2D eigenvalue weighted by molar-refractivity contribution is 14.1. The number of nitrogens with one attached hydrogen (secondary N) is 1. The van der Waals surface area contributed by atoms with Crippen molar-refractivity contribution in [1.82, 2.24) is 5.32 Å². The van der Waals surface area contributed by atoms with E-state index in [-0.39, 0.29) is 24.9 Å². The van der Waals surface area contributed by atoms with Gasteiger partial charge in [-0.25, -0.2) is 0 Å². The lowest BCUT2D eigenvalue weighted by molar-refractivity contribution is -0.144. The fourth-order valence-electron chi connectivity index (χ4n) is 1.76. The molecule has 0 saturated heterocycles. The largest absolute Gasteiger partial charge is 0.461 e. The number of hydrogen-bond donors (Lipinski definition) is 1. The zero-order valence-electron chi connectivity index (χ0n) is 12.1. The van der Waals surface area contributed by atoms with Gasteiger partial charge in [-0.1, -0.05) is 59.3 Å². The molecule has 0 aromatic heterocycles. The Kier molecular flexibility index (Phi) is 9.86. The maximum absolute atomic E-state index is 11.5. The third-order valence-electron chi connectivity index (χ3n) is 2.93. The molecule has 0 saturated carbocycles. The van der Waals surface area contributed by atoms with Crippen LogP contribution in [0.25, 0.3) is 0 Å². The van der Waals surface area contributed by atoms with Crippen LogP contribution in [0.2, 0.25) is 0 Å². The molecular formula is C16H22INO3. The van der Waals surface area contributed by atoms with Crippen molar-refractivity contribution in [2.24, 2.45) is 0 Å². The highest BCUT2D eigenvalue weighted by Crippen LogP contribution is 2.03. The number of ether oxygens (including phenoxy) is 1. The molecule has 0 heterocycles. The number of unbranched alkanes of at least 4 members (excludes halogenated alkanes) is 2. The van der Waals surface area contributed by atoms with Gasteiger partial charge < -0.3 is 10.1 Å². The Morgan fingerprint density at radius 1 is 1.05 bits per heavy atom. The summed E-state index contributed by atoms with van der Waals surface area (Å²) in [5.41, 5.74) is 0.963. The molecule has 1 aromatic carbocycles. The summed E-state index contributed by atoms with van der Waals surface area (Å²) in [5.74, 6) is -0.275. The molecule has 0 aliphatic heterocycles. The highest BCUT2D eigenvalue weighted by Gasteiger charge is 2.05. The average molecular weight is 403 g/mol. The lowest BCUT2D eigenvalue weighted by Crippen LogP contribution is -2.26. The SMILES string of the molecule is O=C(CCCCCI)NCCC(=O)OCc1ccccc1. The van der Waals surface area contributed by atoms with Gasteiger partial charge in [-0.2, -0.15) is 0 Å². The first kappa shape index (κ1) is 17.9. The Labute approximate surface area is 139 Å². The number of carbonyl (C=O) groups is 2. The summed E-state index contributed by atoms with van der Waals surface area (Å²) >= 11 is 2.33. The van der Waals surface area contributed by atoms with Gasteiger partial charge in [0, 0.05) is 13.0 Å². The number of halogens is 1. The van der Waals surface area contributed by atoms with Crippen LogP contribution in [-0.2, 0) is 20.9 Å². The van der Waals surface area contributed by atoms with Gasteiger partial charge in [0.05, 0.1) is 6.42 Å². The van der Waals surface area contributed by atoms with Crippen molar-refractivity contribution >= 4 is 34.5 Å². The van der Waals surface area contributed by atoms with Gasteiger partial charge in [0.25, 0.3) is 0 Å². The number of hydrogen-bond acceptors (Lipinski definition) is 3. The zero-order valence-corrected chi connectivity index (χ0v) is 14.3. The predicted molar refractivity (Wildman–Crippen MR) is 91.2 cm³/mol. The molecular weight excluding hydrogens is 381 g/mol. The maximum Gasteiger partial charge on any atom is 0.307 e. The molecule has 0 spiro atoms. The first-order chi connectivity index (χ1) is 10.2. The molecule has 0 aliphatic carbocycles. The van der Waals surface area contributed by atoms with Crippen molar-refractivity contribution in [2.75, 3.05) is 11.0 Å². The Morgan fingerprint density at radius 2 is 1.81 bits per heavy atom. The van der Waals surface area contributed by atoms with Crippen molar-refractivity contribution in [2.45, 2.75) is 38.7 Å². The molecule has 0 radical (unpaired) electrons. The van der Waals surface area contributed by atoms with E-state index in [1.165, 1.54) is 0 Å². The summed E-state index contributed by atoms with van der Waals surface area (Å²) in [6.07, 6.45) is 3.89. The lowest BCUT2D eigenvalue weighted by Gasteiger charge is -2.06. The summed E-state index contributed by atoms with van der Waals surface area (Å²) in [6, 6.07) is 9.54. The van der Waals surface area contributed by atoms with Crippen molar-refractivity contribution in [3.8, 4) is 0 Å². The summed E-state index contributed by atoms with van der Waals surface area (Å²) in [7, 11) is 0. The molecule has 1 N–H and O–H groups in total. The topological polar surface area (TPSA) is 55.4 Å². The van der Waals surface area contributed by atoms with E-state index in [9.17, 15) is 9.59 Å². The molecule has 5 heteroatoms. The van der Waals surface area contributed by atoms with Gasteiger partial charge in [-0.3, -0.25) is 9.59 Å². The molecule has 0 unspecified atom stereocenters. The smallest absolute Gasteiger partial charge is 0.307 e. The second kappa shape index (κ2) is 11.5. The van der Waals surface area contributed by atoms with E-state index in [0.29, 0.717) is 13.0 Å². The molecule has 1 amide bonds. The van der Waals surface area contributed by atoms with Crippen LogP contribution >= 0.6 is 22.6 Å². The molecule has 0 fully saturated rings. The van der Waals surface area contributed by atoms with Gasteiger partial charge in [0.2, 0.25) is 5.91 Å². The first-order valence-corrected chi connectivity index (χ1v) is 8.77. The van der Waals surface area contributed by atoms with Crippen molar-refractivity contribution in [1.29, 1.82) is 0 Å². The normalized spacial score (nSPS) is 10.1. The number of carbonyl (C=O) groups excluding carboxylic acids is 2. The fourth-order valence-corrected chi connectivity index (χ4v) is 2.30. The van der Waals surface area contributed by atoms with Gasteiger partial charge in [-0.05, 0) is 22.8 Å². The van der Waals surface area contributed by atoms with E-state index < -0.39 is 0 Å². The van der Waals surface area contributed by atoms with Crippen LogP contribution < -0.4 is 5.32 Å². The minimum absolute atomic E-state index is 0.0133. The number of amides is 1. The summed E-state index contributed by atoms with van der Waals surface area (Å²) in [6.45, 7) is 0.628. The van der Waals surface area contributed by atoms with E-state index in [0.717, 1.165) is 29.3 Å². The number of alkyl halides is 1. The van der Waals surface area contributed by atoms with Crippen LogP contribution in [0.15, 0.2) is 30.3 Å². The van der Waals surface area contributed by atoms with Gasteiger partial charge >= 0.3 is 5.97 Å². The molecule has 0 bridgehead atoms. The molecule has 1 aromatic rings. The van der Waals surface area contributed by atoms with Crippen LogP contribution in [0.4, 0.5) is 0 Å². The summed E-state index contributed by atoms with van der Waals surface area (Å²) < 4.78 is 6.26. The van der Waals surface area contributed by atoms with Crippen molar-refractivity contribution in [3.05, 3.63) is 35.9 Å². The minimum atomic E-state index is -0.288. The van der Waals surface area contributed by atoms with E-state index in [1.54, 1.807) is 0 Å². The van der Waals surface area contributed by atoms with E-state index in [4.69, 9.17) is 4.74 Å². The molecule has 116 valence electrons. The van der Waals surface area contributed by atoms with Crippen molar-refractivity contribution in [3.63, 3.8) is 0 Å². The third kappa shape index (κ3) is 9.44. The third-order valence-corrected chi connectivity index (χ3v) is 3.69. The molecule has 0 atom stereocenters.